The number of halogens is 3. The summed E-state index contributed by atoms with van der Waals surface area (Å²) in [5.41, 5.74) is -3.85. The molecule has 0 amide bonds. The van der Waals surface area contributed by atoms with E-state index in [1.54, 1.807) is 0 Å². The molecule has 9 nitrogen and oxygen atoms in total. The van der Waals surface area contributed by atoms with E-state index >= 15 is 0 Å². The Bertz CT molecular complexity index is 946. The van der Waals surface area contributed by atoms with Gasteiger partial charge in [0.15, 0.2) is 0 Å². The number of Topliss-reactive ketones (excluding diaryl/α,β-unsaturated/α-hetero) is 2. The first kappa shape index (κ1) is 19.4. The van der Waals surface area contributed by atoms with Crippen molar-refractivity contribution in [1.82, 2.24) is 9.31 Å². The number of alkyl halides is 3. The van der Waals surface area contributed by atoms with E-state index in [9.17, 15) is 41.1 Å². The zero-order valence-electron chi connectivity index (χ0n) is 13.3. The maximum atomic E-state index is 12.9. The van der Waals surface area contributed by atoms with Crippen LogP contribution in [0.2, 0.25) is 0 Å². The average molecular weight is 407 g/mol. The van der Waals surface area contributed by atoms with Crippen LogP contribution in [0.3, 0.4) is 0 Å². The minimum Gasteiger partial charge on any atom is -0.479 e. The van der Waals surface area contributed by atoms with Gasteiger partial charge in [-0.15, -0.1) is 0 Å². The summed E-state index contributed by atoms with van der Waals surface area (Å²) in [5, 5.41) is 10.3. The van der Waals surface area contributed by atoms with Crippen LogP contribution >= 0.6 is 0 Å². The highest BCUT2D eigenvalue weighted by Crippen LogP contribution is 2.41. The standard InChI is InChI=1S/C14H12F3N3O6S/c15-14(16,17)7-1-3-8(4-2-7)27(25,26)20-6-5-19(18)10-9(21)11(22)13(10,20)12(23)24/h1-4,10H,5-6,18H2,(H,23,24)/t10?,13-/m1/s1. The van der Waals surface area contributed by atoms with Gasteiger partial charge in [0, 0.05) is 13.1 Å². The minimum atomic E-state index is -4.71. The fourth-order valence-electron chi connectivity index (χ4n) is 3.27. The van der Waals surface area contributed by atoms with Gasteiger partial charge in [-0.3, -0.25) is 15.4 Å². The number of carbonyl (C=O) groups excluding carboxylic acids is 2. The molecular formula is C14H12F3N3O6S. The molecule has 13 heteroatoms. The molecule has 0 radical (unpaired) electrons. The van der Waals surface area contributed by atoms with E-state index in [1.165, 1.54) is 0 Å². The highest BCUT2D eigenvalue weighted by Gasteiger charge is 2.76. The Morgan fingerprint density at radius 3 is 2.22 bits per heavy atom. The largest absolute Gasteiger partial charge is 0.479 e. The third-order valence-electron chi connectivity index (χ3n) is 4.60. The molecule has 0 bridgehead atoms. The summed E-state index contributed by atoms with van der Waals surface area (Å²) < 4.78 is 64.0. The Kier molecular flexibility index (Phi) is 4.19. The molecule has 1 aromatic rings. The Balaban J connectivity index is 2.09. The fraction of sp³-hybridized carbons (Fsp3) is 0.357. The van der Waals surface area contributed by atoms with Crippen LogP contribution in [-0.2, 0) is 30.6 Å². The predicted molar refractivity (Wildman–Crippen MR) is 80.4 cm³/mol. The lowest BCUT2D eigenvalue weighted by Crippen LogP contribution is -2.87. The smallest absolute Gasteiger partial charge is 0.416 e. The molecular weight excluding hydrogens is 395 g/mol. The predicted octanol–water partition coefficient (Wildman–Crippen LogP) is -0.771. The molecule has 3 rings (SSSR count). The highest BCUT2D eigenvalue weighted by atomic mass is 32.2. The first-order chi connectivity index (χ1) is 12.4. The van der Waals surface area contributed by atoms with Crippen LogP contribution in [-0.4, -0.2) is 65.0 Å². The Labute approximate surface area is 150 Å². The van der Waals surface area contributed by atoms with Gasteiger partial charge in [0.05, 0.1) is 10.5 Å². The van der Waals surface area contributed by atoms with Gasteiger partial charge in [-0.05, 0) is 24.3 Å². The number of carbonyl (C=O) groups is 3. The summed E-state index contributed by atoms with van der Waals surface area (Å²) in [7, 11) is -4.71. The van der Waals surface area contributed by atoms with E-state index < -0.39 is 62.3 Å². The molecule has 2 aliphatic rings. The number of rotatable bonds is 3. The van der Waals surface area contributed by atoms with E-state index in [-0.39, 0.29) is 6.54 Å². The summed E-state index contributed by atoms with van der Waals surface area (Å²) in [5.74, 6) is 1.07. The zero-order valence-corrected chi connectivity index (χ0v) is 14.1. The van der Waals surface area contributed by atoms with Gasteiger partial charge in [-0.1, -0.05) is 0 Å². The molecule has 1 unspecified atom stereocenters. The van der Waals surface area contributed by atoms with Crippen LogP contribution < -0.4 is 5.84 Å². The third kappa shape index (κ3) is 2.50. The molecule has 1 saturated carbocycles. The zero-order chi connectivity index (χ0) is 20.4. The van der Waals surface area contributed by atoms with Crippen molar-refractivity contribution in [1.29, 1.82) is 0 Å². The lowest BCUT2D eigenvalue weighted by atomic mass is 9.67. The van der Waals surface area contributed by atoms with Crippen molar-refractivity contribution >= 4 is 27.6 Å². The van der Waals surface area contributed by atoms with Gasteiger partial charge in [0.2, 0.25) is 27.1 Å². The Morgan fingerprint density at radius 2 is 1.74 bits per heavy atom. The minimum absolute atomic E-state index is 0.251. The van der Waals surface area contributed by atoms with Crippen molar-refractivity contribution < 1.29 is 41.1 Å². The molecule has 1 saturated heterocycles. The molecule has 3 N–H and O–H groups in total. The number of nitrogens with zero attached hydrogens (tertiary/aromatic N) is 2. The van der Waals surface area contributed by atoms with Crippen molar-refractivity contribution in [3.63, 3.8) is 0 Å². The number of carboxylic acids is 1. The number of sulfonamides is 1. The van der Waals surface area contributed by atoms with Crippen molar-refractivity contribution in [2.45, 2.75) is 22.7 Å². The number of benzene rings is 1. The topological polar surface area (TPSA) is 138 Å². The number of hydrazine groups is 1. The maximum absolute atomic E-state index is 12.9. The van der Waals surface area contributed by atoms with Gasteiger partial charge in [0.25, 0.3) is 0 Å². The van der Waals surface area contributed by atoms with E-state index in [2.05, 4.69) is 0 Å². The molecule has 27 heavy (non-hydrogen) atoms. The van der Waals surface area contributed by atoms with Crippen LogP contribution in [0.15, 0.2) is 29.2 Å². The molecule has 0 spiro atoms. The van der Waals surface area contributed by atoms with Crippen molar-refractivity contribution in [3.05, 3.63) is 29.8 Å². The number of nitrogens with two attached hydrogens (primary N) is 1. The second kappa shape index (κ2) is 5.82. The third-order valence-corrected chi connectivity index (χ3v) is 6.51. The molecule has 0 aromatic heterocycles. The number of hydrogen-bond acceptors (Lipinski definition) is 7. The number of aliphatic carboxylic acids is 1. The fourth-order valence-corrected chi connectivity index (χ4v) is 4.97. The molecule has 1 aliphatic heterocycles. The van der Waals surface area contributed by atoms with E-state index in [0.29, 0.717) is 28.6 Å². The number of hydrogen-bond donors (Lipinski definition) is 2. The number of fused-ring (bicyclic) bond motifs is 1. The van der Waals surface area contributed by atoms with Crippen LogP contribution in [0, 0.1) is 0 Å². The monoisotopic (exact) mass is 407 g/mol. The van der Waals surface area contributed by atoms with Crippen molar-refractivity contribution in [3.8, 4) is 0 Å². The lowest BCUT2D eigenvalue weighted by molar-refractivity contribution is -0.181. The SMILES string of the molecule is NN1CCN(S(=O)(=O)c2ccc(C(F)(F)F)cc2)[C@@]2(C(=O)O)C(=O)C(=O)C12. The van der Waals surface area contributed by atoms with Gasteiger partial charge in [-0.25, -0.2) is 18.2 Å². The quantitative estimate of drug-likeness (QED) is 0.378. The summed E-state index contributed by atoms with van der Waals surface area (Å²) in [4.78, 5) is 35.1. The number of ketones is 2. The molecule has 1 aliphatic carbocycles. The summed E-state index contributed by atoms with van der Waals surface area (Å²) >= 11 is 0. The maximum Gasteiger partial charge on any atom is 0.416 e. The first-order valence-electron chi connectivity index (χ1n) is 7.39. The van der Waals surface area contributed by atoms with Crippen molar-refractivity contribution in [2.24, 2.45) is 5.84 Å². The van der Waals surface area contributed by atoms with Crippen LogP contribution in [0.1, 0.15) is 5.56 Å². The second-order valence-electron chi connectivity index (χ2n) is 6.00. The molecule has 1 heterocycles. The summed E-state index contributed by atoms with van der Waals surface area (Å²) in [6.07, 6.45) is -4.70. The van der Waals surface area contributed by atoms with Gasteiger partial charge in [0.1, 0.15) is 6.04 Å². The van der Waals surface area contributed by atoms with Gasteiger partial charge in [-0.2, -0.15) is 17.5 Å². The Hall–Kier alpha value is -2.35. The Morgan fingerprint density at radius 1 is 1.19 bits per heavy atom. The molecule has 2 atom stereocenters. The van der Waals surface area contributed by atoms with Crippen LogP contribution in [0.25, 0.3) is 0 Å². The molecule has 2 fully saturated rings. The number of carboxylic acid groups (broad SMARTS) is 1. The molecule has 146 valence electrons. The van der Waals surface area contributed by atoms with Gasteiger partial charge >= 0.3 is 12.1 Å². The normalized spacial score (nSPS) is 27.2. The van der Waals surface area contributed by atoms with E-state index in [4.69, 9.17) is 5.84 Å². The average Bonchev–Trinajstić information content (AvgIpc) is 2.59. The van der Waals surface area contributed by atoms with Crippen molar-refractivity contribution in [2.75, 3.05) is 13.1 Å². The highest BCUT2D eigenvalue weighted by molar-refractivity contribution is 7.89. The van der Waals surface area contributed by atoms with E-state index in [0.717, 1.165) is 5.01 Å². The van der Waals surface area contributed by atoms with E-state index in [1.807, 2.05) is 0 Å². The molecule has 1 aromatic carbocycles. The van der Waals surface area contributed by atoms with Gasteiger partial charge < -0.3 is 5.11 Å². The lowest BCUT2D eigenvalue weighted by Gasteiger charge is -2.54. The van der Waals surface area contributed by atoms with Crippen LogP contribution in [0.5, 0.6) is 0 Å². The summed E-state index contributed by atoms with van der Waals surface area (Å²) in [6.45, 7) is -0.791. The number of piperazine rings is 1. The summed E-state index contributed by atoms with van der Waals surface area (Å²) in [6, 6.07) is 0.640. The second-order valence-corrected chi connectivity index (χ2v) is 7.87. The van der Waals surface area contributed by atoms with Crippen LogP contribution in [0.4, 0.5) is 13.2 Å². The first-order valence-corrected chi connectivity index (χ1v) is 8.83.